The van der Waals surface area contributed by atoms with E-state index in [-0.39, 0.29) is 12.5 Å². The molecule has 2 aromatic rings. The van der Waals surface area contributed by atoms with E-state index in [0.29, 0.717) is 5.69 Å². The van der Waals surface area contributed by atoms with E-state index in [2.05, 4.69) is 17.3 Å². The molecule has 0 radical (unpaired) electrons. The van der Waals surface area contributed by atoms with Gasteiger partial charge in [-0.15, -0.1) is 0 Å². The molecule has 1 heterocycles. The van der Waals surface area contributed by atoms with Gasteiger partial charge in [0.2, 0.25) is 5.91 Å². The number of carbonyl (C=O) groups is 1. The number of nitrogens with two attached hydrogens (primary N) is 1. The van der Waals surface area contributed by atoms with Gasteiger partial charge in [-0.25, -0.2) is 0 Å². The molecule has 0 saturated heterocycles. The van der Waals surface area contributed by atoms with Crippen LogP contribution in [-0.4, -0.2) is 15.7 Å². The van der Waals surface area contributed by atoms with Gasteiger partial charge in [-0.05, 0) is 50.1 Å². The van der Waals surface area contributed by atoms with Crippen LogP contribution in [0.5, 0.6) is 0 Å². The van der Waals surface area contributed by atoms with E-state index in [0.717, 1.165) is 23.5 Å². The van der Waals surface area contributed by atoms with Crippen LogP contribution in [0.25, 0.3) is 0 Å². The predicted molar refractivity (Wildman–Crippen MR) is 80.6 cm³/mol. The minimum absolute atomic E-state index is 0.0944. The van der Waals surface area contributed by atoms with E-state index in [9.17, 15) is 4.79 Å². The second-order valence-electron chi connectivity index (χ2n) is 4.83. The Morgan fingerprint density at radius 1 is 1.30 bits per heavy atom. The average molecular weight is 272 g/mol. The summed E-state index contributed by atoms with van der Waals surface area (Å²) in [6, 6.07) is 7.08. The normalized spacial score (nSPS) is 10.6. The van der Waals surface area contributed by atoms with Crippen molar-refractivity contribution < 1.29 is 4.79 Å². The molecule has 0 fully saturated rings. The zero-order chi connectivity index (χ0) is 14.7. The quantitative estimate of drug-likeness (QED) is 0.839. The van der Waals surface area contributed by atoms with E-state index in [1.807, 2.05) is 13.8 Å². The largest absolute Gasteiger partial charge is 0.399 e. The number of nitrogens with one attached hydrogen (secondary N) is 1. The van der Waals surface area contributed by atoms with E-state index >= 15 is 0 Å². The molecule has 3 N–H and O–H groups in total. The maximum Gasteiger partial charge on any atom is 0.246 e. The number of nitrogens with zero attached hydrogens (tertiary/aromatic N) is 2. The topological polar surface area (TPSA) is 72.9 Å². The summed E-state index contributed by atoms with van der Waals surface area (Å²) in [5, 5.41) is 7.25. The number of rotatable bonds is 4. The molecular formula is C15H20N4O. The lowest BCUT2D eigenvalue weighted by Crippen LogP contribution is -2.20. The SMILES string of the molecule is CCc1c(C)nn(CC(=O)Nc2ccc(N)cc2)c1C. The fourth-order valence-electron chi connectivity index (χ4n) is 2.30. The molecule has 0 spiro atoms. The van der Waals surface area contributed by atoms with Crippen molar-refractivity contribution in [2.45, 2.75) is 33.7 Å². The Hall–Kier alpha value is -2.30. The summed E-state index contributed by atoms with van der Waals surface area (Å²) in [5.74, 6) is -0.0944. The zero-order valence-corrected chi connectivity index (χ0v) is 12.1. The number of anilines is 2. The lowest BCUT2D eigenvalue weighted by atomic mass is 10.1. The lowest BCUT2D eigenvalue weighted by molar-refractivity contribution is -0.116. The Balaban J connectivity index is 2.06. The molecule has 2 rings (SSSR count). The number of hydrogen-bond acceptors (Lipinski definition) is 3. The number of nitrogen functional groups attached to an aromatic ring is 1. The van der Waals surface area contributed by atoms with Crippen molar-refractivity contribution >= 4 is 17.3 Å². The summed E-state index contributed by atoms with van der Waals surface area (Å²) in [6.45, 7) is 6.28. The van der Waals surface area contributed by atoms with Gasteiger partial charge in [0.1, 0.15) is 6.54 Å². The Bertz CT molecular complexity index is 614. The molecular weight excluding hydrogens is 252 g/mol. The Morgan fingerprint density at radius 3 is 2.50 bits per heavy atom. The van der Waals surface area contributed by atoms with Gasteiger partial charge in [0.05, 0.1) is 5.69 Å². The van der Waals surface area contributed by atoms with Gasteiger partial charge in [-0.3, -0.25) is 9.48 Å². The van der Waals surface area contributed by atoms with E-state index in [1.54, 1.807) is 28.9 Å². The number of carbonyl (C=O) groups excluding carboxylic acids is 1. The van der Waals surface area contributed by atoms with Crippen molar-refractivity contribution in [2.75, 3.05) is 11.1 Å². The maximum atomic E-state index is 12.0. The first-order valence-corrected chi connectivity index (χ1v) is 6.69. The van der Waals surface area contributed by atoms with Gasteiger partial charge < -0.3 is 11.1 Å². The second kappa shape index (κ2) is 5.77. The van der Waals surface area contributed by atoms with Crippen LogP contribution in [0.15, 0.2) is 24.3 Å². The van der Waals surface area contributed by atoms with Crippen LogP contribution in [0.1, 0.15) is 23.9 Å². The number of amides is 1. The third-order valence-corrected chi connectivity index (χ3v) is 3.37. The fourth-order valence-corrected chi connectivity index (χ4v) is 2.30. The highest BCUT2D eigenvalue weighted by Gasteiger charge is 2.12. The molecule has 0 atom stereocenters. The number of benzene rings is 1. The minimum atomic E-state index is -0.0944. The molecule has 1 aromatic heterocycles. The molecule has 0 aliphatic heterocycles. The first-order chi connectivity index (χ1) is 9.51. The second-order valence-corrected chi connectivity index (χ2v) is 4.83. The zero-order valence-electron chi connectivity index (χ0n) is 12.1. The van der Waals surface area contributed by atoms with Crippen molar-refractivity contribution in [1.82, 2.24) is 9.78 Å². The van der Waals surface area contributed by atoms with E-state index in [1.165, 1.54) is 5.56 Å². The molecule has 0 unspecified atom stereocenters. The van der Waals surface area contributed by atoms with Crippen molar-refractivity contribution in [2.24, 2.45) is 0 Å². The molecule has 0 aliphatic carbocycles. The summed E-state index contributed by atoms with van der Waals surface area (Å²) >= 11 is 0. The summed E-state index contributed by atoms with van der Waals surface area (Å²) in [5.41, 5.74) is 10.3. The van der Waals surface area contributed by atoms with Gasteiger partial charge in [-0.1, -0.05) is 6.92 Å². The summed E-state index contributed by atoms with van der Waals surface area (Å²) in [4.78, 5) is 12.0. The number of hydrogen-bond donors (Lipinski definition) is 2. The molecule has 0 bridgehead atoms. The summed E-state index contributed by atoms with van der Waals surface area (Å²) < 4.78 is 1.75. The Kier molecular flexibility index (Phi) is 4.08. The summed E-state index contributed by atoms with van der Waals surface area (Å²) in [7, 11) is 0. The lowest BCUT2D eigenvalue weighted by Gasteiger charge is -2.07. The van der Waals surface area contributed by atoms with Crippen LogP contribution >= 0.6 is 0 Å². The van der Waals surface area contributed by atoms with Crippen LogP contribution in [0, 0.1) is 13.8 Å². The molecule has 0 aliphatic rings. The maximum absolute atomic E-state index is 12.0. The van der Waals surface area contributed by atoms with Crippen molar-refractivity contribution in [1.29, 1.82) is 0 Å². The predicted octanol–water partition coefficient (Wildman–Crippen LogP) is 2.28. The highest BCUT2D eigenvalue weighted by Crippen LogP contribution is 2.14. The van der Waals surface area contributed by atoms with Crippen LogP contribution < -0.4 is 11.1 Å². The van der Waals surface area contributed by atoms with Gasteiger partial charge >= 0.3 is 0 Å². The third-order valence-electron chi connectivity index (χ3n) is 3.37. The van der Waals surface area contributed by atoms with Gasteiger partial charge in [0.15, 0.2) is 0 Å². The smallest absolute Gasteiger partial charge is 0.246 e. The van der Waals surface area contributed by atoms with Gasteiger partial charge in [-0.2, -0.15) is 5.10 Å². The Labute approximate surface area is 118 Å². The van der Waals surface area contributed by atoms with E-state index < -0.39 is 0 Å². The van der Waals surface area contributed by atoms with Gasteiger partial charge in [0, 0.05) is 17.1 Å². The summed E-state index contributed by atoms with van der Waals surface area (Å²) in [6.07, 6.45) is 0.928. The van der Waals surface area contributed by atoms with Crippen LogP contribution in [0.2, 0.25) is 0 Å². The molecule has 5 nitrogen and oxygen atoms in total. The van der Waals surface area contributed by atoms with Crippen LogP contribution in [-0.2, 0) is 17.8 Å². The molecule has 20 heavy (non-hydrogen) atoms. The van der Waals surface area contributed by atoms with Crippen LogP contribution in [0.4, 0.5) is 11.4 Å². The first-order valence-electron chi connectivity index (χ1n) is 6.69. The monoisotopic (exact) mass is 272 g/mol. The van der Waals surface area contributed by atoms with E-state index in [4.69, 9.17) is 5.73 Å². The minimum Gasteiger partial charge on any atom is -0.399 e. The van der Waals surface area contributed by atoms with Crippen molar-refractivity contribution in [3.8, 4) is 0 Å². The van der Waals surface area contributed by atoms with Crippen LogP contribution in [0.3, 0.4) is 0 Å². The third kappa shape index (κ3) is 2.99. The van der Waals surface area contributed by atoms with Crippen molar-refractivity contribution in [3.63, 3.8) is 0 Å². The molecule has 5 heteroatoms. The fraction of sp³-hybridized carbons (Fsp3) is 0.333. The molecule has 1 amide bonds. The van der Waals surface area contributed by atoms with Crippen molar-refractivity contribution in [3.05, 3.63) is 41.2 Å². The standard InChI is InChI=1S/C15H20N4O/c1-4-14-10(2)18-19(11(14)3)9-15(20)17-13-7-5-12(16)6-8-13/h5-8H,4,9,16H2,1-3H3,(H,17,20). The van der Waals surface area contributed by atoms with Gasteiger partial charge in [0.25, 0.3) is 0 Å². The molecule has 0 saturated carbocycles. The Morgan fingerprint density at radius 2 is 1.95 bits per heavy atom. The molecule has 1 aromatic carbocycles. The number of aryl methyl sites for hydroxylation is 1. The first kappa shape index (κ1) is 14.1. The number of aromatic nitrogens is 2. The highest BCUT2D eigenvalue weighted by atomic mass is 16.2. The highest BCUT2D eigenvalue weighted by molar-refractivity contribution is 5.90. The molecule has 106 valence electrons. The average Bonchev–Trinajstić information content (AvgIpc) is 2.67.